The van der Waals surface area contributed by atoms with Crippen LogP contribution in [0.3, 0.4) is 0 Å². The van der Waals surface area contributed by atoms with Crippen molar-refractivity contribution in [2.75, 3.05) is 26.7 Å². The van der Waals surface area contributed by atoms with E-state index in [1.807, 2.05) is 0 Å². The molecule has 0 aromatic heterocycles. The highest BCUT2D eigenvalue weighted by molar-refractivity contribution is 7.89. The van der Waals surface area contributed by atoms with Crippen LogP contribution in [0.5, 0.6) is 5.75 Å². The fourth-order valence-electron chi connectivity index (χ4n) is 3.37. The fourth-order valence-corrected chi connectivity index (χ4v) is 4.51. The van der Waals surface area contributed by atoms with Gasteiger partial charge in [0.15, 0.2) is 0 Å². The van der Waals surface area contributed by atoms with Crippen molar-refractivity contribution in [3.05, 3.63) is 23.8 Å². The van der Waals surface area contributed by atoms with Gasteiger partial charge in [-0.15, -0.1) is 0 Å². The number of carbonyl (C=O) groups is 1. The lowest BCUT2D eigenvalue weighted by Gasteiger charge is -2.19. The van der Waals surface area contributed by atoms with Crippen LogP contribution in [0.15, 0.2) is 23.1 Å². The molecule has 1 aliphatic rings. The molecule has 0 unspecified atom stereocenters. The zero-order valence-electron chi connectivity index (χ0n) is 16.7. The normalized spacial score (nSPS) is 15.7. The van der Waals surface area contributed by atoms with Gasteiger partial charge in [-0.05, 0) is 43.4 Å². The minimum atomic E-state index is -3.67. The summed E-state index contributed by atoms with van der Waals surface area (Å²) in [4.78, 5) is 14.6. The van der Waals surface area contributed by atoms with E-state index in [9.17, 15) is 13.2 Å². The summed E-state index contributed by atoms with van der Waals surface area (Å²) in [6, 6.07) is 4.50. The van der Waals surface area contributed by atoms with E-state index in [0.717, 1.165) is 38.5 Å². The van der Waals surface area contributed by atoms with Gasteiger partial charge < -0.3 is 9.64 Å². The molecule has 1 aromatic rings. The second kappa shape index (κ2) is 10.1. The molecule has 1 fully saturated rings. The molecule has 0 bridgehead atoms. The number of nitrogens with zero attached hydrogens (tertiary/aromatic N) is 1. The van der Waals surface area contributed by atoms with Crippen LogP contribution in [0.25, 0.3) is 0 Å². The Labute approximate surface area is 163 Å². The van der Waals surface area contributed by atoms with Gasteiger partial charge in [-0.1, -0.05) is 33.1 Å². The highest BCUT2D eigenvalue weighted by atomic mass is 32.2. The zero-order chi connectivity index (χ0) is 19.9. The van der Waals surface area contributed by atoms with Crippen LogP contribution in [0.1, 0.15) is 62.7 Å². The maximum Gasteiger partial charge on any atom is 0.257 e. The quantitative estimate of drug-likeness (QED) is 0.657. The van der Waals surface area contributed by atoms with Gasteiger partial charge in [-0.2, -0.15) is 0 Å². The van der Waals surface area contributed by atoms with Crippen molar-refractivity contribution in [2.45, 2.75) is 57.3 Å². The van der Waals surface area contributed by atoms with E-state index in [-0.39, 0.29) is 10.8 Å². The minimum Gasteiger partial charge on any atom is -0.496 e. The standard InChI is InChI=1S/C20H32N2O4S/c1-4-6-9-16(5-2)15-21-27(24,25)17-10-11-19(26-3)18(14-17)20(23)22-12-7-8-13-22/h10-11,14,16,21H,4-9,12-13,15H2,1-3H3/t16-/m1/s1. The molecule has 0 saturated carbocycles. The Morgan fingerprint density at radius 2 is 1.96 bits per heavy atom. The van der Waals surface area contributed by atoms with Crippen molar-refractivity contribution in [3.8, 4) is 5.75 Å². The highest BCUT2D eigenvalue weighted by Crippen LogP contribution is 2.25. The van der Waals surface area contributed by atoms with E-state index in [1.54, 1.807) is 11.0 Å². The van der Waals surface area contributed by atoms with Crippen molar-refractivity contribution in [1.29, 1.82) is 0 Å². The number of hydrogen-bond donors (Lipinski definition) is 1. The summed E-state index contributed by atoms with van der Waals surface area (Å²) >= 11 is 0. The predicted molar refractivity (Wildman–Crippen MR) is 107 cm³/mol. The lowest BCUT2D eigenvalue weighted by atomic mass is 10.00. The number of methoxy groups -OCH3 is 1. The third-order valence-electron chi connectivity index (χ3n) is 5.21. The molecule has 0 spiro atoms. The lowest BCUT2D eigenvalue weighted by Crippen LogP contribution is -2.30. The monoisotopic (exact) mass is 396 g/mol. The van der Waals surface area contributed by atoms with Crippen LogP contribution in [0, 0.1) is 5.92 Å². The summed E-state index contributed by atoms with van der Waals surface area (Å²) in [5.74, 6) is 0.555. The number of likely N-dealkylation sites (tertiary alicyclic amines) is 1. The number of hydrogen-bond acceptors (Lipinski definition) is 4. The first-order valence-corrected chi connectivity index (χ1v) is 11.4. The van der Waals surface area contributed by atoms with Gasteiger partial charge in [-0.3, -0.25) is 4.79 Å². The average molecular weight is 397 g/mol. The number of amides is 1. The van der Waals surface area contributed by atoms with Gasteiger partial charge in [0.1, 0.15) is 5.75 Å². The van der Waals surface area contributed by atoms with Gasteiger partial charge in [0.25, 0.3) is 5.91 Å². The van der Waals surface area contributed by atoms with Crippen LogP contribution < -0.4 is 9.46 Å². The van der Waals surface area contributed by atoms with Gasteiger partial charge in [0, 0.05) is 19.6 Å². The molecule has 27 heavy (non-hydrogen) atoms. The van der Waals surface area contributed by atoms with Crippen LogP contribution in [0.4, 0.5) is 0 Å². The first-order chi connectivity index (χ1) is 12.9. The number of ether oxygens (including phenoxy) is 1. The first kappa shape index (κ1) is 21.7. The number of benzene rings is 1. The Hall–Kier alpha value is -1.60. The van der Waals surface area contributed by atoms with E-state index in [2.05, 4.69) is 18.6 Å². The van der Waals surface area contributed by atoms with Gasteiger partial charge in [0.2, 0.25) is 10.0 Å². The fraction of sp³-hybridized carbons (Fsp3) is 0.650. The summed E-state index contributed by atoms with van der Waals surface area (Å²) in [5, 5.41) is 0. The van der Waals surface area contributed by atoms with Crippen LogP contribution in [0.2, 0.25) is 0 Å². The predicted octanol–water partition coefficient (Wildman–Crippen LogP) is 3.43. The Balaban J connectivity index is 2.18. The minimum absolute atomic E-state index is 0.108. The van der Waals surface area contributed by atoms with E-state index >= 15 is 0 Å². The van der Waals surface area contributed by atoms with E-state index in [1.165, 1.54) is 19.2 Å². The first-order valence-electron chi connectivity index (χ1n) is 9.89. The number of nitrogens with one attached hydrogen (secondary N) is 1. The summed E-state index contributed by atoms with van der Waals surface area (Å²) in [6.45, 7) is 6.03. The summed E-state index contributed by atoms with van der Waals surface area (Å²) in [6.07, 6.45) is 6.09. The molecule has 0 radical (unpaired) electrons. The Morgan fingerprint density at radius 1 is 1.26 bits per heavy atom. The number of sulfonamides is 1. The molecule has 1 aliphatic heterocycles. The van der Waals surface area contributed by atoms with Crippen molar-refractivity contribution in [3.63, 3.8) is 0 Å². The Kier molecular flexibility index (Phi) is 8.10. The molecule has 1 saturated heterocycles. The molecule has 7 heteroatoms. The van der Waals surface area contributed by atoms with Crippen molar-refractivity contribution in [2.24, 2.45) is 5.92 Å². The number of unbranched alkanes of at least 4 members (excludes halogenated alkanes) is 1. The van der Waals surface area contributed by atoms with E-state index in [0.29, 0.717) is 36.9 Å². The SMILES string of the molecule is CCCC[C@@H](CC)CNS(=O)(=O)c1ccc(OC)c(C(=O)N2CCCC2)c1. The summed E-state index contributed by atoms with van der Waals surface area (Å²) < 4.78 is 33.5. The van der Waals surface area contributed by atoms with Crippen LogP contribution in [-0.2, 0) is 10.0 Å². The lowest BCUT2D eigenvalue weighted by molar-refractivity contribution is 0.0789. The van der Waals surface area contributed by atoms with Gasteiger partial charge in [-0.25, -0.2) is 13.1 Å². The molecule has 1 atom stereocenters. The van der Waals surface area contributed by atoms with Crippen molar-refractivity contribution in [1.82, 2.24) is 9.62 Å². The van der Waals surface area contributed by atoms with Gasteiger partial charge in [0.05, 0.1) is 17.6 Å². The Morgan fingerprint density at radius 3 is 2.56 bits per heavy atom. The third kappa shape index (κ3) is 5.69. The van der Waals surface area contributed by atoms with E-state index in [4.69, 9.17) is 4.74 Å². The molecule has 6 nitrogen and oxygen atoms in total. The topological polar surface area (TPSA) is 75.7 Å². The number of rotatable bonds is 10. The molecule has 1 heterocycles. The number of carbonyl (C=O) groups excluding carboxylic acids is 1. The van der Waals surface area contributed by atoms with Crippen molar-refractivity contribution >= 4 is 15.9 Å². The molecule has 0 aliphatic carbocycles. The van der Waals surface area contributed by atoms with Gasteiger partial charge >= 0.3 is 0 Å². The van der Waals surface area contributed by atoms with Crippen molar-refractivity contribution < 1.29 is 17.9 Å². The average Bonchev–Trinajstić information content (AvgIpc) is 3.21. The Bertz CT molecular complexity index is 727. The molecular weight excluding hydrogens is 364 g/mol. The van der Waals surface area contributed by atoms with Crippen LogP contribution >= 0.6 is 0 Å². The second-order valence-electron chi connectivity index (χ2n) is 7.13. The highest BCUT2D eigenvalue weighted by Gasteiger charge is 2.25. The summed E-state index contributed by atoms with van der Waals surface area (Å²) in [5.41, 5.74) is 0.306. The molecule has 152 valence electrons. The molecule has 1 aromatic carbocycles. The second-order valence-corrected chi connectivity index (χ2v) is 8.90. The van der Waals surface area contributed by atoms with E-state index < -0.39 is 10.0 Å². The maximum absolute atomic E-state index is 12.8. The molecule has 1 N–H and O–H groups in total. The zero-order valence-corrected chi connectivity index (χ0v) is 17.5. The molecule has 2 rings (SSSR count). The molecular formula is C20H32N2O4S. The smallest absolute Gasteiger partial charge is 0.257 e. The van der Waals surface area contributed by atoms with Crippen LogP contribution in [-0.4, -0.2) is 46.0 Å². The molecule has 1 amide bonds. The maximum atomic E-state index is 12.8. The third-order valence-corrected chi connectivity index (χ3v) is 6.63. The summed E-state index contributed by atoms with van der Waals surface area (Å²) in [7, 11) is -2.18. The largest absolute Gasteiger partial charge is 0.496 e.